The summed E-state index contributed by atoms with van der Waals surface area (Å²) in [4.78, 5) is 0. The second-order valence-corrected chi connectivity index (χ2v) is 4.48. The Morgan fingerprint density at radius 1 is 0.824 bits per heavy atom. The third kappa shape index (κ3) is 1.85. The van der Waals surface area contributed by atoms with E-state index in [0.717, 1.165) is 6.42 Å². The first-order valence-corrected chi connectivity index (χ1v) is 5.15. The number of nitrogens with one attached hydrogen (secondary N) is 1. The molecule has 0 radical (unpaired) electrons. The van der Waals surface area contributed by atoms with E-state index in [1.54, 1.807) is 6.92 Å². The molecule has 1 fully saturated rings. The molecule has 6 heteroatoms. The second kappa shape index (κ2) is 3.85. The van der Waals surface area contributed by atoms with Gasteiger partial charge in [-0.3, -0.25) is 0 Å². The van der Waals surface area contributed by atoms with Gasteiger partial charge in [-0.15, -0.1) is 0 Å². The standard InChI is InChI=1S/C11H10F5N/c1-11(3-2-4-11)17-10-8(15)6(13)5(12)7(14)9(10)16/h17H,2-4H2,1H3. The summed E-state index contributed by atoms with van der Waals surface area (Å²) in [6.07, 6.45) is 2.12. The fourth-order valence-corrected chi connectivity index (χ4v) is 1.85. The van der Waals surface area contributed by atoms with Crippen LogP contribution in [0.25, 0.3) is 0 Å². The second-order valence-electron chi connectivity index (χ2n) is 4.48. The highest BCUT2D eigenvalue weighted by atomic mass is 19.2. The molecule has 0 amide bonds. The highest BCUT2D eigenvalue weighted by Gasteiger charge is 2.35. The Morgan fingerprint density at radius 3 is 1.59 bits per heavy atom. The van der Waals surface area contributed by atoms with Gasteiger partial charge in [0, 0.05) is 5.54 Å². The first-order valence-electron chi connectivity index (χ1n) is 5.15. The maximum atomic E-state index is 13.3. The van der Waals surface area contributed by atoms with Gasteiger partial charge in [0.15, 0.2) is 23.3 Å². The Morgan fingerprint density at radius 2 is 1.24 bits per heavy atom. The van der Waals surface area contributed by atoms with Crippen molar-refractivity contribution in [1.82, 2.24) is 0 Å². The molecule has 1 aliphatic rings. The third-order valence-electron chi connectivity index (χ3n) is 3.09. The van der Waals surface area contributed by atoms with Crippen LogP contribution in [0.4, 0.5) is 27.6 Å². The minimum absolute atomic E-state index is 0.599. The molecule has 0 atom stereocenters. The lowest BCUT2D eigenvalue weighted by Crippen LogP contribution is -2.42. The zero-order chi connectivity index (χ0) is 12.8. The molecule has 1 aromatic rings. The van der Waals surface area contributed by atoms with Crippen LogP contribution in [0, 0.1) is 29.1 Å². The van der Waals surface area contributed by atoms with Gasteiger partial charge in [0.1, 0.15) is 5.69 Å². The normalized spacial score (nSPS) is 17.8. The van der Waals surface area contributed by atoms with Crippen molar-refractivity contribution in [2.75, 3.05) is 5.32 Å². The van der Waals surface area contributed by atoms with Crippen LogP contribution in [0.15, 0.2) is 0 Å². The number of halogens is 5. The predicted molar refractivity (Wildman–Crippen MR) is 52.1 cm³/mol. The lowest BCUT2D eigenvalue weighted by atomic mass is 9.78. The Kier molecular flexibility index (Phi) is 2.75. The van der Waals surface area contributed by atoms with E-state index >= 15 is 0 Å². The van der Waals surface area contributed by atoms with Gasteiger partial charge in [-0.1, -0.05) is 0 Å². The average Bonchev–Trinajstić information content (AvgIpc) is 2.27. The molecule has 94 valence electrons. The Labute approximate surface area is 94.6 Å². The Hall–Kier alpha value is -1.33. The van der Waals surface area contributed by atoms with E-state index in [1.807, 2.05) is 0 Å². The lowest BCUT2D eigenvalue weighted by molar-refractivity contribution is 0.300. The molecule has 0 unspecified atom stereocenters. The summed E-state index contributed by atoms with van der Waals surface area (Å²) in [5.74, 6) is -9.60. The van der Waals surface area contributed by atoms with E-state index in [4.69, 9.17) is 0 Å². The molecule has 1 N–H and O–H groups in total. The number of hydrogen-bond acceptors (Lipinski definition) is 1. The molecule has 0 bridgehead atoms. The van der Waals surface area contributed by atoms with Crippen LogP contribution in [0.3, 0.4) is 0 Å². The van der Waals surface area contributed by atoms with E-state index in [1.165, 1.54) is 0 Å². The van der Waals surface area contributed by atoms with Crippen LogP contribution in [0.5, 0.6) is 0 Å². The van der Waals surface area contributed by atoms with Gasteiger partial charge in [-0.2, -0.15) is 0 Å². The quantitative estimate of drug-likeness (QED) is 0.479. The Bertz CT molecular complexity index is 438. The zero-order valence-corrected chi connectivity index (χ0v) is 9.01. The van der Waals surface area contributed by atoms with Crippen LogP contribution in [-0.2, 0) is 0 Å². The van der Waals surface area contributed by atoms with Gasteiger partial charge in [-0.05, 0) is 26.2 Å². The van der Waals surface area contributed by atoms with E-state index < -0.39 is 40.3 Å². The van der Waals surface area contributed by atoms with Crippen molar-refractivity contribution < 1.29 is 22.0 Å². The van der Waals surface area contributed by atoms with E-state index in [0.29, 0.717) is 12.8 Å². The van der Waals surface area contributed by atoms with Gasteiger partial charge in [0.05, 0.1) is 0 Å². The highest BCUT2D eigenvalue weighted by molar-refractivity contribution is 5.50. The van der Waals surface area contributed by atoms with Crippen molar-refractivity contribution in [1.29, 1.82) is 0 Å². The first kappa shape index (κ1) is 12.1. The van der Waals surface area contributed by atoms with Crippen LogP contribution in [0.1, 0.15) is 26.2 Å². The van der Waals surface area contributed by atoms with Crippen molar-refractivity contribution >= 4 is 5.69 Å². The van der Waals surface area contributed by atoms with Crippen molar-refractivity contribution in [2.45, 2.75) is 31.7 Å². The first-order chi connectivity index (χ1) is 7.86. The van der Waals surface area contributed by atoms with Gasteiger partial charge >= 0.3 is 0 Å². The summed E-state index contributed by atoms with van der Waals surface area (Å²) >= 11 is 0. The SMILES string of the molecule is CC1(Nc2c(F)c(F)c(F)c(F)c2F)CCC1. The van der Waals surface area contributed by atoms with Crippen molar-refractivity contribution in [2.24, 2.45) is 0 Å². The monoisotopic (exact) mass is 251 g/mol. The maximum Gasteiger partial charge on any atom is 0.200 e. The topological polar surface area (TPSA) is 12.0 Å². The molecule has 0 spiro atoms. The van der Waals surface area contributed by atoms with Crippen LogP contribution >= 0.6 is 0 Å². The number of rotatable bonds is 2. The van der Waals surface area contributed by atoms with Gasteiger partial charge in [-0.25, -0.2) is 22.0 Å². The molecule has 1 nitrogen and oxygen atoms in total. The highest BCUT2D eigenvalue weighted by Crippen LogP contribution is 2.37. The van der Waals surface area contributed by atoms with Crippen molar-refractivity contribution in [3.63, 3.8) is 0 Å². The van der Waals surface area contributed by atoms with Gasteiger partial charge in [0.2, 0.25) is 5.82 Å². The average molecular weight is 251 g/mol. The summed E-state index contributed by atoms with van der Waals surface area (Å²) in [7, 11) is 0. The summed E-state index contributed by atoms with van der Waals surface area (Å²) in [5.41, 5.74) is -1.54. The fourth-order valence-electron chi connectivity index (χ4n) is 1.85. The molecular weight excluding hydrogens is 241 g/mol. The number of hydrogen-bond donors (Lipinski definition) is 1. The minimum atomic E-state index is -2.13. The molecular formula is C11H10F5N. The molecule has 2 rings (SSSR count). The van der Waals surface area contributed by atoms with E-state index in [9.17, 15) is 22.0 Å². The third-order valence-corrected chi connectivity index (χ3v) is 3.09. The minimum Gasteiger partial charge on any atom is -0.375 e. The summed E-state index contributed by atoms with van der Waals surface area (Å²) in [6.45, 7) is 1.68. The largest absolute Gasteiger partial charge is 0.375 e. The maximum absolute atomic E-state index is 13.3. The molecule has 0 saturated heterocycles. The summed E-state index contributed by atoms with van der Waals surface area (Å²) in [5, 5.41) is 2.40. The van der Waals surface area contributed by atoms with Gasteiger partial charge in [0.25, 0.3) is 0 Å². The molecule has 0 aromatic heterocycles. The summed E-state index contributed by atoms with van der Waals surface area (Å²) < 4.78 is 65.2. The van der Waals surface area contributed by atoms with E-state index in [-0.39, 0.29) is 0 Å². The van der Waals surface area contributed by atoms with Crippen molar-refractivity contribution in [3.8, 4) is 0 Å². The summed E-state index contributed by atoms with van der Waals surface area (Å²) in [6, 6.07) is 0. The molecule has 1 aliphatic carbocycles. The predicted octanol–water partition coefficient (Wildman–Crippen LogP) is 3.74. The molecule has 1 aromatic carbocycles. The smallest absolute Gasteiger partial charge is 0.200 e. The van der Waals surface area contributed by atoms with Crippen LogP contribution < -0.4 is 5.32 Å². The fraction of sp³-hybridized carbons (Fsp3) is 0.455. The lowest BCUT2D eigenvalue weighted by Gasteiger charge is -2.40. The molecule has 0 heterocycles. The molecule has 17 heavy (non-hydrogen) atoms. The molecule has 1 saturated carbocycles. The van der Waals surface area contributed by atoms with Gasteiger partial charge < -0.3 is 5.32 Å². The van der Waals surface area contributed by atoms with Crippen molar-refractivity contribution in [3.05, 3.63) is 29.1 Å². The Balaban J connectivity index is 2.46. The number of anilines is 1. The van der Waals surface area contributed by atoms with Crippen LogP contribution in [-0.4, -0.2) is 5.54 Å². The van der Waals surface area contributed by atoms with Crippen LogP contribution in [0.2, 0.25) is 0 Å². The van der Waals surface area contributed by atoms with E-state index in [2.05, 4.69) is 5.32 Å². The zero-order valence-electron chi connectivity index (χ0n) is 9.01. The number of benzene rings is 1. The molecule has 0 aliphatic heterocycles.